The molecule has 0 saturated heterocycles. The number of nitrogens with zero attached hydrogens (tertiary/aromatic N) is 1. The summed E-state index contributed by atoms with van der Waals surface area (Å²) in [6.45, 7) is 2.89. The van der Waals surface area contributed by atoms with E-state index < -0.39 is 24.0 Å². The lowest BCUT2D eigenvalue weighted by molar-refractivity contribution is -0.143. The number of hydrogen-bond acceptors (Lipinski definition) is 5. The van der Waals surface area contributed by atoms with Crippen molar-refractivity contribution in [1.82, 2.24) is 15.5 Å². The zero-order chi connectivity index (χ0) is 27.8. The fourth-order valence-electron chi connectivity index (χ4n) is 4.94. The Morgan fingerprint density at radius 3 is 2.13 bits per heavy atom. The van der Waals surface area contributed by atoms with Crippen LogP contribution in [-0.2, 0) is 20.9 Å². The SMILES string of the molecule is CC(CCNC(=O)OCC1c2ccccc2-c2ccccc21)C(=O)NC(CN(C)Cc1ccccc1)C(=O)O. The van der Waals surface area contributed by atoms with Crippen LogP contribution in [0.5, 0.6) is 0 Å². The summed E-state index contributed by atoms with van der Waals surface area (Å²) < 4.78 is 5.54. The smallest absolute Gasteiger partial charge is 0.407 e. The number of fused-ring (bicyclic) bond motifs is 3. The summed E-state index contributed by atoms with van der Waals surface area (Å²) in [4.78, 5) is 38.7. The molecule has 3 aromatic rings. The van der Waals surface area contributed by atoms with Crippen LogP contribution in [0.4, 0.5) is 4.79 Å². The normalized spacial score (nSPS) is 13.7. The monoisotopic (exact) mass is 529 g/mol. The molecule has 8 nitrogen and oxygen atoms in total. The molecule has 8 heteroatoms. The molecule has 3 N–H and O–H groups in total. The van der Waals surface area contributed by atoms with Crippen molar-refractivity contribution in [3.63, 3.8) is 0 Å². The Morgan fingerprint density at radius 2 is 1.51 bits per heavy atom. The third-order valence-corrected chi connectivity index (χ3v) is 7.04. The third-order valence-electron chi connectivity index (χ3n) is 7.04. The topological polar surface area (TPSA) is 108 Å². The lowest BCUT2D eigenvalue weighted by atomic mass is 9.98. The Labute approximate surface area is 229 Å². The van der Waals surface area contributed by atoms with E-state index in [-0.39, 0.29) is 31.5 Å². The first kappa shape index (κ1) is 27.9. The van der Waals surface area contributed by atoms with Gasteiger partial charge in [0, 0.05) is 31.5 Å². The van der Waals surface area contributed by atoms with E-state index in [1.165, 1.54) is 0 Å². The number of ether oxygens (including phenoxy) is 1. The van der Waals surface area contributed by atoms with Crippen molar-refractivity contribution in [2.24, 2.45) is 5.92 Å². The fraction of sp³-hybridized carbons (Fsp3) is 0.323. The van der Waals surface area contributed by atoms with Crippen LogP contribution in [0.3, 0.4) is 0 Å². The Kier molecular flexibility index (Phi) is 9.33. The van der Waals surface area contributed by atoms with Crippen molar-refractivity contribution < 1.29 is 24.2 Å². The summed E-state index contributed by atoms with van der Waals surface area (Å²) in [5, 5.41) is 15.0. The quantitative estimate of drug-likeness (QED) is 0.324. The predicted octanol–water partition coefficient (Wildman–Crippen LogP) is 4.25. The minimum atomic E-state index is -1.09. The number of aliphatic carboxylic acids is 1. The van der Waals surface area contributed by atoms with Gasteiger partial charge in [-0.15, -0.1) is 0 Å². The van der Waals surface area contributed by atoms with Gasteiger partial charge in [-0.1, -0.05) is 85.8 Å². The van der Waals surface area contributed by atoms with Crippen LogP contribution in [0.1, 0.15) is 36.0 Å². The number of benzene rings is 3. The molecule has 0 aromatic heterocycles. The largest absolute Gasteiger partial charge is 0.480 e. The zero-order valence-electron chi connectivity index (χ0n) is 22.3. The number of carboxylic acids is 1. The summed E-state index contributed by atoms with van der Waals surface area (Å²) in [5.41, 5.74) is 5.65. The number of rotatable bonds is 12. The number of likely N-dealkylation sites (N-methyl/N-ethyl adjacent to an activating group) is 1. The number of carbonyl (C=O) groups is 3. The first-order valence-electron chi connectivity index (χ1n) is 13.2. The van der Waals surface area contributed by atoms with Gasteiger partial charge in [0.25, 0.3) is 0 Å². The van der Waals surface area contributed by atoms with Crippen molar-refractivity contribution in [1.29, 1.82) is 0 Å². The van der Waals surface area contributed by atoms with Gasteiger partial charge in [-0.3, -0.25) is 9.69 Å². The van der Waals surface area contributed by atoms with Crippen LogP contribution < -0.4 is 10.6 Å². The van der Waals surface area contributed by atoms with Gasteiger partial charge in [0.15, 0.2) is 0 Å². The van der Waals surface area contributed by atoms with Crippen LogP contribution >= 0.6 is 0 Å². The van der Waals surface area contributed by atoms with Gasteiger partial charge >= 0.3 is 12.1 Å². The van der Waals surface area contributed by atoms with Gasteiger partial charge in [-0.2, -0.15) is 0 Å². The van der Waals surface area contributed by atoms with E-state index in [2.05, 4.69) is 34.9 Å². The van der Waals surface area contributed by atoms with Crippen LogP contribution in [0.25, 0.3) is 11.1 Å². The highest BCUT2D eigenvalue weighted by molar-refractivity contribution is 5.85. The van der Waals surface area contributed by atoms with E-state index >= 15 is 0 Å². The molecular weight excluding hydrogens is 494 g/mol. The Balaban J connectivity index is 1.20. The zero-order valence-corrected chi connectivity index (χ0v) is 22.3. The lowest BCUT2D eigenvalue weighted by Crippen LogP contribution is -2.49. The standard InChI is InChI=1S/C31H35N3O5/c1-21(29(35)33-28(30(36)37)19-34(2)18-22-10-4-3-5-11-22)16-17-32-31(38)39-20-27-25-14-8-6-12-23(25)24-13-7-9-15-26(24)27/h3-15,21,27-28H,16-20H2,1-2H3,(H,32,38)(H,33,35)(H,36,37). The predicted molar refractivity (Wildman–Crippen MR) is 149 cm³/mol. The maximum Gasteiger partial charge on any atom is 0.407 e. The van der Waals surface area contributed by atoms with E-state index in [1.807, 2.05) is 66.5 Å². The van der Waals surface area contributed by atoms with E-state index in [1.54, 1.807) is 6.92 Å². The number of carbonyl (C=O) groups excluding carboxylic acids is 2. The van der Waals surface area contributed by atoms with Crippen molar-refractivity contribution in [3.05, 3.63) is 95.6 Å². The molecule has 0 spiro atoms. The molecular formula is C31H35N3O5. The van der Waals surface area contributed by atoms with Gasteiger partial charge in [0.05, 0.1) is 0 Å². The van der Waals surface area contributed by atoms with Crippen molar-refractivity contribution >= 4 is 18.0 Å². The van der Waals surface area contributed by atoms with Gasteiger partial charge in [-0.05, 0) is 41.3 Å². The Hall–Kier alpha value is -4.17. The van der Waals surface area contributed by atoms with Crippen molar-refractivity contribution in [3.8, 4) is 11.1 Å². The third kappa shape index (κ3) is 7.23. The molecule has 204 valence electrons. The maximum atomic E-state index is 12.7. The Morgan fingerprint density at radius 1 is 0.923 bits per heavy atom. The van der Waals surface area contributed by atoms with E-state index in [4.69, 9.17) is 4.74 Å². The van der Waals surface area contributed by atoms with Gasteiger partial charge in [0.1, 0.15) is 12.6 Å². The highest BCUT2D eigenvalue weighted by Gasteiger charge is 2.29. The van der Waals surface area contributed by atoms with Crippen molar-refractivity contribution in [2.45, 2.75) is 31.8 Å². The molecule has 39 heavy (non-hydrogen) atoms. The van der Waals surface area contributed by atoms with Gasteiger partial charge < -0.3 is 20.5 Å². The average molecular weight is 530 g/mol. The van der Waals surface area contributed by atoms with Crippen LogP contribution in [0.2, 0.25) is 0 Å². The molecule has 4 rings (SSSR count). The summed E-state index contributed by atoms with van der Waals surface area (Å²) in [7, 11) is 1.82. The molecule has 0 bridgehead atoms. The molecule has 1 aliphatic rings. The number of carboxylic acid groups (broad SMARTS) is 1. The summed E-state index contributed by atoms with van der Waals surface area (Å²) in [5.74, 6) is -1.97. The molecule has 0 heterocycles. The summed E-state index contributed by atoms with van der Waals surface area (Å²) in [6, 6.07) is 24.9. The van der Waals surface area contributed by atoms with Gasteiger partial charge in [-0.25, -0.2) is 9.59 Å². The molecule has 0 fully saturated rings. The highest BCUT2D eigenvalue weighted by Crippen LogP contribution is 2.44. The van der Waals surface area contributed by atoms with Crippen LogP contribution in [0, 0.1) is 5.92 Å². The molecule has 1 aliphatic carbocycles. The van der Waals surface area contributed by atoms with Crippen molar-refractivity contribution in [2.75, 3.05) is 26.7 Å². The second-order valence-electron chi connectivity index (χ2n) is 10.0. The van der Waals surface area contributed by atoms with E-state index in [9.17, 15) is 19.5 Å². The second-order valence-corrected chi connectivity index (χ2v) is 10.0. The van der Waals surface area contributed by atoms with E-state index in [0.717, 1.165) is 27.8 Å². The number of amides is 2. The van der Waals surface area contributed by atoms with E-state index in [0.29, 0.717) is 13.0 Å². The number of nitrogens with one attached hydrogen (secondary N) is 2. The number of hydrogen-bond donors (Lipinski definition) is 3. The van der Waals surface area contributed by atoms with Crippen LogP contribution in [0.15, 0.2) is 78.9 Å². The second kappa shape index (κ2) is 13.1. The molecule has 0 saturated carbocycles. The molecule has 0 radical (unpaired) electrons. The first-order chi connectivity index (χ1) is 18.8. The molecule has 2 unspecified atom stereocenters. The lowest BCUT2D eigenvalue weighted by Gasteiger charge is -2.23. The van der Waals surface area contributed by atoms with Crippen LogP contribution in [-0.4, -0.2) is 60.8 Å². The summed E-state index contributed by atoms with van der Waals surface area (Å²) >= 11 is 0. The summed E-state index contributed by atoms with van der Waals surface area (Å²) in [6.07, 6.45) is -0.196. The molecule has 0 aliphatic heterocycles. The molecule has 3 aromatic carbocycles. The average Bonchev–Trinajstić information content (AvgIpc) is 3.25. The molecule has 2 atom stereocenters. The minimum Gasteiger partial charge on any atom is -0.480 e. The first-order valence-corrected chi connectivity index (χ1v) is 13.2. The Bertz CT molecular complexity index is 1250. The minimum absolute atomic E-state index is 0.0270. The molecule has 2 amide bonds. The number of alkyl carbamates (subject to hydrolysis) is 1. The van der Waals surface area contributed by atoms with Gasteiger partial charge in [0.2, 0.25) is 5.91 Å². The maximum absolute atomic E-state index is 12.7. The highest BCUT2D eigenvalue weighted by atomic mass is 16.5. The fourth-order valence-corrected chi connectivity index (χ4v) is 4.94.